The zero-order chi connectivity index (χ0) is 48.0. The molecule has 9 rings (SSSR count). The molecule has 8 bridgehead atoms. The summed E-state index contributed by atoms with van der Waals surface area (Å²) >= 11 is 0. The molecule has 4 amide bonds. The number of aromatic nitrogens is 8. The zero-order valence-electron chi connectivity index (χ0n) is 39.7. The van der Waals surface area contributed by atoms with Gasteiger partial charge >= 0.3 is 0 Å². The van der Waals surface area contributed by atoms with Gasteiger partial charge in [-0.05, 0) is 128 Å². The van der Waals surface area contributed by atoms with E-state index in [0.29, 0.717) is 158 Å². The van der Waals surface area contributed by atoms with Gasteiger partial charge in [-0.2, -0.15) is 0 Å². The summed E-state index contributed by atoms with van der Waals surface area (Å²) in [7, 11) is 0. The van der Waals surface area contributed by atoms with Crippen molar-refractivity contribution in [3.63, 3.8) is 0 Å². The van der Waals surface area contributed by atoms with E-state index in [2.05, 4.69) is 9.97 Å². The summed E-state index contributed by atoms with van der Waals surface area (Å²) in [6.45, 7) is 19.9. The summed E-state index contributed by atoms with van der Waals surface area (Å²) in [6, 6.07) is 21.8. The lowest BCUT2D eigenvalue weighted by molar-refractivity contribution is 0.0765. The third kappa shape index (κ3) is 7.78. The molecule has 3 aromatic heterocycles. The standard InChI is InChI=1S/C52H54N12O4/c1-9-61(10-2)49(65)29-17-21-33-37(25-29)45-54-41(33)53-42-34-22-18-30(50(66)62(11-3)12-4)26-38(34)46(55-42)57-44-36-24-20-32(52(68)64(15-7)16-8)28-40(36)48(59-44)60-47-39-27-31(51(67)63(13-5)14-6)19-23-35(39)43(56-45)58-47/h17-28H,9-16H2,1-8H3,(H2,53,54,55,56,57,58,59,60). The molecule has 0 radical (unpaired) electrons. The number of carbonyl (C=O) groups excluding carboxylic acids is 4. The summed E-state index contributed by atoms with van der Waals surface area (Å²) < 4.78 is 0. The quantitative estimate of drug-likeness (QED) is 0.120. The third-order valence-corrected chi connectivity index (χ3v) is 13.0. The Morgan fingerprint density at radius 1 is 0.338 bits per heavy atom. The van der Waals surface area contributed by atoms with Gasteiger partial charge in [-0.3, -0.25) is 19.2 Å². The van der Waals surface area contributed by atoms with Crippen LogP contribution in [0.4, 0.5) is 0 Å². The molecule has 0 atom stereocenters. The van der Waals surface area contributed by atoms with Gasteiger partial charge in [0.1, 0.15) is 22.6 Å². The highest BCUT2D eigenvalue weighted by Gasteiger charge is 2.27. The minimum absolute atomic E-state index is 0.117. The number of hydrogen-bond donors (Lipinski definition) is 2. The first-order valence-corrected chi connectivity index (χ1v) is 23.5. The Morgan fingerprint density at radius 3 is 0.912 bits per heavy atom. The van der Waals surface area contributed by atoms with E-state index >= 15 is 0 Å². The monoisotopic (exact) mass is 910 g/mol. The predicted molar refractivity (Wildman–Crippen MR) is 265 cm³/mol. The fraction of sp³-hybridized carbons (Fsp3) is 0.308. The lowest BCUT2D eigenvalue weighted by Crippen LogP contribution is -2.30. The normalized spacial score (nSPS) is 11.6. The Labute approximate surface area is 393 Å². The van der Waals surface area contributed by atoms with E-state index in [4.69, 9.17) is 29.9 Å². The molecule has 68 heavy (non-hydrogen) atoms. The molecule has 0 fully saturated rings. The number of benzene rings is 4. The number of fused-ring (bicyclic) bond motifs is 20. The molecule has 0 aliphatic carbocycles. The second-order valence-electron chi connectivity index (χ2n) is 16.6. The molecule has 16 heteroatoms. The molecule has 2 aliphatic rings. The van der Waals surface area contributed by atoms with Crippen molar-refractivity contribution in [3.05, 3.63) is 95.1 Å². The Hall–Kier alpha value is -7.88. The van der Waals surface area contributed by atoms with Crippen molar-refractivity contribution in [1.29, 1.82) is 0 Å². The number of rotatable bonds is 12. The Balaban J connectivity index is 1.41. The molecular formula is C52H54N12O4. The van der Waals surface area contributed by atoms with E-state index in [-0.39, 0.29) is 29.5 Å². The molecule has 4 aromatic carbocycles. The van der Waals surface area contributed by atoms with Gasteiger partial charge in [0, 0.05) is 118 Å². The van der Waals surface area contributed by atoms with Gasteiger partial charge < -0.3 is 29.6 Å². The highest BCUT2D eigenvalue weighted by Crippen LogP contribution is 2.38. The fourth-order valence-electron chi connectivity index (χ4n) is 9.10. The van der Waals surface area contributed by atoms with Crippen molar-refractivity contribution < 1.29 is 19.2 Å². The van der Waals surface area contributed by atoms with Crippen molar-refractivity contribution in [2.75, 3.05) is 52.4 Å². The van der Waals surface area contributed by atoms with E-state index in [9.17, 15) is 19.2 Å². The van der Waals surface area contributed by atoms with Crippen molar-refractivity contribution in [2.24, 2.45) is 0 Å². The largest absolute Gasteiger partial charge is 0.339 e. The van der Waals surface area contributed by atoms with Crippen LogP contribution >= 0.6 is 0 Å². The molecule has 7 aromatic rings. The van der Waals surface area contributed by atoms with Crippen LogP contribution in [0.5, 0.6) is 0 Å². The topological polar surface area (TPSA) is 190 Å². The smallest absolute Gasteiger partial charge is 0.253 e. The second kappa shape index (κ2) is 18.4. The maximum atomic E-state index is 13.8. The third-order valence-electron chi connectivity index (χ3n) is 13.0. The van der Waals surface area contributed by atoms with Gasteiger partial charge in [0.2, 0.25) is 0 Å². The molecule has 2 aliphatic heterocycles. The molecule has 0 unspecified atom stereocenters. The average Bonchev–Trinajstić information content (AvgIpc) is 4.10. The van der Waals surface area contributed by atoms with Crippen LogP contribution in [-0.2, 0) is 0 Å². The highest BCUT2D eigenvalue weighted by atomic mass is 16.2. The van der Waals surface area contributed by atoms with Gasteiger partial charge in [0.25, 0.3) is 23.6 Å². The molecule has 0 saturated carbocycles. The first-order valence-electron chi connectivity index (χ1n) is 23.5. The van der Waals surface area contributed by atoms with E-state index in [0.717, 1.165) is 0 Å². The fourth-order valence-corrected chi connectivity index (χ4v) is 9.10. The molecule has 346 valence electrons. The highest BCUT2D eigenvalue weighted by molar-refractivity contribution is 6.10. The number of nitrogens with one attached hydrogen (secondary N) is 2. The molecule has 2 N–H and O–H groups in total. The summed E-state index contributed by atoms with van der Waals surface area (Å²) in [4.78, 5) is 99.9. The van der Waals surface area contributed by atoms with Crippen LogP contribution in [0.15, 0.2) is 72.8 Å². The van der Waals surface area contributed by atoms with Gasteiger partial charge in [0.15, 0.2) is 23.3 Å². The van der Waals surface area contributed by atoms with Crippen molar-refractivity contribution >= 4 is 67.8 Å². The van der Waals surface area contributed by atoms with Crippen LogP contribution in [-0.4, -0.2) is 135 Å². The molecule has 0 saturated heterocycles. The van der Waals surface area contributed by atoms with Gasteiger partial charge in [-0.1, -0.05) is 0 Å². The molecular weight excluding hydrogens is 857 g/mol. The van der Waals surface area contributed by atoms with Crippen molar-refractivity contribution in [2.45, 2.75) is 55.4 Å². The predicted octanol–water partition coefficient (Wildman–Crippen LogP) is 8.80. The van der Waals surface area contributed by atoms with Crippen LogP contribution in [0.3, 0.4) is 0 Å². The Morgan fingerprint density at radius 2 is 0.603 bits per heavy atom. The van der Waals surface area contributed by atoms with Crippen LogP contribution < -0.4 is 0 Å². The lowest BCUT2D eigenvalue weighted by atomic mass is 10.0. The zero-order valence-corrected chi connectivity index (χ0v) is 39.7. The minimum atomic E-state index is -0.130. The summed E-state index contributed by atoms with van der Waals surface area (Å²) in [6.07, 6.45) is 0. The lowest BCUT2D eigenvalue weighted by Gasteiger charge is -2.18. The number of nitrogens with zero attached hydrogens (tertiary/aromatic N) is 10. The van der Waals surface area contributed by atoms with E-state index in [1.54, 1.807) is 49.9 Å². The van der Waals surface area contributed by atoms with Crippen LogP contribution in [0.1, 0.15) is 96.8 Å². The average molecular weight is 911 g/mol. The Kier molecular flexibility index (Phi) is 12.3. The second-order valence-corrected chi connectivity index (χ2v) is 16.6. The summed E-state index contributed by atoms with van der Waals surface area (Å²) in [5.41, 5.74) is 6.02. The first kappa shape index (κ1) is 45.3. The SMILES string of the molecule is CCN(CC)C(=O)c1ccc2c(c1)-c1nc-2nc2[nH]c(nc3nc(nc4[nH]c(n1)c1ccc(C(=O)N(CC)CC)cc41)-c1cc(C(=O)N(CC)CC)ccc1-3)c1cc(C(=O)N(CC)CC)ccc21. The Bertz CT molecular complexity index is 3360. The molecule has 5 heterocycles. The first-order chi connectivity index (χ1) is 33.0. The van der Waals surface area contributed by atoms with Gasteiger partial charge in [0.05, 0.1) is 0 Å². The van der Waals surface area contributed by atoms with Crippen LogP contribution in [0.2, 0.25) is 0 Å². The summed E-state index contributed by atoms with van der Waals surface area (Å²) in [5.74, 6) is 0.775. The number of aromatic amines is 2. The number of hydrogen-bond acceptors (Lipinski definition) is 10. The molecule has 16 nitrogen and oxygen atoms in total. The van der Waals surface area contributed by atoms with Crippen LogP contribution in [0.25, 0.3) is 89.7 Å². The van der Waals surface area contributed by atoms with Crippen molar-refractivity contribution in [1.82, 2.24) is 59.5 Å². The number of H-pyrrole nitrogens is 2. The maximum absolute atomic E-state index is 13.8. The molecule has 0 spiro atoms. The van der Waals surface area contributed by atoms with E-state index in [1.807, 2.05) is 97.9 Å². The van der Waals surface area contributed by atoms with Gasteiger partial charge in [-0.15, -0.1) is 0 Å². The maximum Gasteiger partial charge on any atom is 0.253 e. The number of amides is 4. The van der Waals surface area contributed by atoms with E-state index < -0.39 is 0 Å². The van der Waals surface area contributed by atoms with Gasteiger partial charge in [-0.25, -0.2) is 29.9 Å². The summed E-state index contributed by atoms with van der Waals surface area (Å²) in [5, 5.41) is 2.60. The van der Waals surface area contributed by atoms with E-state index in [1.165, 1.54) is 0 Å². The minimum Gasteiger partial charge on any atom is -0.339 e. The van der Waals surface area contributed by atoms with Crippen molar-refractivity contribution in [3.8, 4) is 45.6 Å². The van der Waals surface area contributed by atoms with Crippen LogP contribution in [0, 0.1) is 0 Å². The number of carbonyl (C=O) groups is 4.